The van der Waals surface area contributed by atoms with E-state index >= 15 is 0 Å². The number of carbonyl (C=O) groups is 2. The number of rotatable bonds is 4. The van der Waals surface area contributed by atoms with Gasteiger partial charge < -0.3 is 14.5 Å². The number of nitrogens with one attached hydrogen (secondary N) is 1. The van der Waals surface area contributed by atoms with E-state index in [9.17, 15) is 9.59 Å². The molecule has 1 amide bonds. The SMILES string of the molecule is COC(=O)c1c(NC(=O)C[N+]23CCN(CC2)CC3)sc(C)c1C. The fourth-order valence-corrected chi connectivity index (χ4v) is 4.57. The molecule has 1 N–H and O–H groups in total. The first-order valence-corrected chi connectivity index (χ1v) is 8.81. The molecule has 3 saturated heterocycles. The Balaban J connectivity index is 1.73. The molecule has 0 aromatic carbocycles. The van der Waals surface area contributed by atoms with Gasteiger partial charge in [0.2, 0.25) is 0 Å². The monoisotopic (exact) mass is 338 g/mol. The zero-order valence-electron chi connectivity index (χ0n) is 14.0. The average molecular weight is 338 g/mol. The largest absolute Gasteiger partial charge is 0.465 e. The lowest BCUT2D eigenvalue weighted by molar-refractivity contribution is -0.933. The van der Waals surface area contributed by atoms with Gasteiger partial charge in [-0.25, -0.2) is 4.79 Å². The number of thiophene rings is 1. The van der Waals surface area contributed by atoms with Gasteiger partial charge in [0, 0.05) is 24.5 Å². The van der Waals surface area contributed by atoms with Crippen LogP contribution in [0.3, 0.4) is 0 Å². The summed E-state index contributed by atoms with van der Waals surface area (Å²) in [7, 11) is 1.37. The lowest BCUT2D eigenvalue weighted by Crippen LogP contribution is -2.68. The molecule has 3 aliphatic heterocycles. The minimum atomic E-state index is -0.388. The van der Waals surface area contributed by atoms with Crippen LogP contribution in [0.25, 0.3) is 0 Å². The minimum absolute atomic E-state index is 0.00764. The predicted molar refractivity (Wildman–Crippen MR) is 89.9 cm³/mol. The number of aryl methyl sites for hydroxylation is 1. The van der Waals surface area contributed by atoms with E-state index in [4.69, 9.17) is 4.74 Å². The van der Waals surface area contributed by atoms with Gasteiger partial charge in [-0.15, -0.1) is 11.3 Å². The van der Waals surface area contributed by atoms with Gasteiger partial charge in [-0.2, -0.15) is 0 Å². The summed E-state index contributed by atoms with van der Waals surface area (Å²) in [6.45, 7) is 10.7. The third-order valence-electron chi connectivity index (χ3n) is 5.18. The van der Waals surface area contributed by atoms with Gasteiger partial charge in [-0.05, 0) is 19.4 Å². The number of fused-ring (bicyclic) bond motifs is 3. The second kappa shape index (κ2) is 6.22. The van der Waals surface area contributed by atoms with Crippen molar-refractivity contribution < 1.29 is 18.8 Å². The summed E-state index contributed by atoms with van der Waals surface area (Å²) >= 11 is 1.44. The smallest absolute Gasteiger partial charge is 0.341 e. The lowest BCUT2D eigenvalue weighted by atomic mass is 10.1. The van der Waals surface area contributed by atoms with Gasteiger partial charge in [-0.3, -0.25) is 9.69 Å². The number of esters is 1. The van der Waals surface area contributed by atoms with E-state index in [-0.39, 0.29) is 11.9 Å². The first-order valence-electron chi connectivity index (χ1n) is 8.00. The van der Waals surface area contributed by atoms with Crippen molar-refractivity contribution in [2.45, 2.75) is 13.8 Å². The van der Waals surface area contributed by atoms with Crippen LogP contribution >= 0.6 is 11.3 Å². The number of methoxy groups -OCH3 is 1. The van der Waals surface area contributed by atoms with Crippen LogP contribution in [-0.4, -0.2) is 74.2 Å². The molecule has 6 nitrogen and oxygen atoms in total. The minimum Gasteiger partial charge on any atom is -0.465 e. The van der Waals surface area contributed by atoms with Gasteiger partial charge in [-0.1, -0.05) is 0 Å². The predicted octanol–water partition coefficient (Wildman–Crippen LogP) is 1.24. The van der Waals surface area contributed by atoms with Gasteiger partial charge in [0.1, 0.15) is 5.00 Å². The van der Waals surface area contributed by atoms with Crippen molar-refractivity contribution in [1.29, 1.82) is 0 Å². The highest BCUT2D eigenvalue weighted by Gasteiger charge is 2.40. The van der Waals surface area contributed by atoms with E-state index in [1.807, 2.05) is 13.8 Å². The third kappa shape index (κ3) is 3.13. The number of anilines is 1. The molecule has 2 bridgehead atoms. The fraction of sp³-hybridized carbons (Fsp3) is 0.625. The second-order valence-corrected chi connectivity index (χ2v) is 7.76. The van der Waals surface area contributed by atoms with E-state index in [0.717, 1.165) is 54.2 Å². The average Bonchev–Trinajstić information content (AvgIpc) is 2.82. The number of quaternary nitrogens is 1. The Bertz CT molecular complexity index is 619. The van der Waals surface area contributed by atoms with Crippen LogP contribution in [0.5, 0.6) is 0 Å². The lowest BCUT2D eigenvalue weighted by Gasteiger charge is -2.50. The van der Waals surface area contributed by atoms with Crippen molar-refractivity contribution in [2.75, 3.05) is 58.2 Å². The molecule has 0 radical (unpaired) electrons. The first kappa shape index (κ1) is 16.4. The molecular formula is C16H24N3O3S+. The van der Waals surface area contributed by atoms with Gasteiger partial charge in [0.05, 0.1) is 32.3 Å². The summed E-state index contributed by atoms with van der Waals surface area (Å²) in [4.78, 5) is 28.0. The molecule has 0 aliphatic carbocycles. The van der Waals surface area contributed by atoms with E-state index in [1.54, 1.807) is 0 Å². The van der Waals surface area contributed by atoms with Gasteiger partial charge in [0.15, 0.2) is 6.54 Å². The summed E-state index contributed by atoms with van der Waals surface area (Å²) in [5, 5.41) is 3.58. The highest BCUT2D eigenvalue weighted by Crippen LogP contribution is 2.33. The van der Waals surface area contributed by atoms with Crippen LogP contribution in [0.1, 0.15) is 20.8 Å². The van der Waals surface area contributed by atoms with E-state index < -0.39 is 0 Å². The number of carbonyl (C=O) groups excluding carboxylic acids is 2. The highest BCUT2D eigenvalue weighted by molar-refractivity contribution is 7.16. The summed E-state index contributed by atoms with van der Waals surface area (Å²) in [5.41, 5.74) is 1.38. The van der Waals surface area contributed by atoms with E-state index in [1.165, 1.54) is 18.4 Å². The molecule has 0 spiro atoms. The van der Waals surface area contributed by atoms with E-state index in [0.29, 0.717) is 17.1 Å². The number of amides is 1. The normalized spacial score (nSPS) is 26.1. The molecular weight excluding hydrogens is 314 g/mol. The Labute approximate surface area is 140 Å². The molecule has 0 saturated carbocycles. The molecule has 4 rings (SSSR count). The third-order valence-corrected chi connectivity index (χ3v) is 6.30. The van der Waals surface area contributed by atoms with Crippen molar-refractivity contribution in [3.63, 3.8) is 0 Å². The standard InChI is InChI=1S/C16H23N3O3S/c1-11-12(2)23-15(14(11)16(21)22-3)17-13(20)10-19-7-4-18(5-8-19)6-9-19/h4-10H2,1-3H3/p+1. The zero-order chi connectivity index (χ0) is 16.6. The topological polar surface area (TPSA) is 58.6 Å². The Kier molecular flexibility index (Phi) is 4.44. The summed E-state index contributed by atoms with van der Waals surface area (Å²) in [6, 6.07) is 0. The molecule has 4 heterocycles. The molecule has 126 valence electrons. The Morgan fingerprint density at radius 3 is 2.39 bits per heavy atom. The quantitative estimate of drug-likeness (QED) is 0.663. The van der Waals surface area contributed by atoms with Crippen molar-refractivity contribution >= 4 is 28.2 Å². The maximum Gasteiger partial charge on any atom is 0.341 e. The molecule has 7 heteroatoms. The van der Waals surface area contributed by atoms with Crippen LogP contribution < -0.4 is 5.32 Å². The molecule has 23 heavy (non-hydrogen) atoms. The summed E-state index contributed by atoms with van der Waals surface area (Å²) in [6.07, 6.45) is 0. The van der Waals surface area contributed by atoms with Crippen LogP contribution in [0, 0.1) is 13.8 Å². The fourth-order valence-electron chi connectivity index (χ4n) is 3.50. The summed E-state index contributed by atoms with van der Waals surface area (Å²) in [5.74, 6) is -0.396. The Morgan fingerprint density at radius 2 is 1.83 bits per heavy atom. The highest BCUT2D eigenvalue weighted by atomic mass is 32.1. The number of hydrogen-bond donors (Lipinski definition) is 1. The maximum atomic E-state index is 12.6. The van der Waals surface area contributed by atoms with Crippen LogP contribution in [0.4, 0.5) is 5.00 Å². The number of nitrogens with zero attached hydrogens (tertiary/aromatic N) is 2. The molecule has 0 unspecified atom stereocenters. The Hall–Kier alpha value is -1.44. The van der Waals surface area contributed by atoms with Crippen molar-refractivity contribution in [3.8, 4) is 0 Å². The number of hydrogen-bond acceptors (Lipinski definition) is 5. The second-order valence-electron chi connectivity index (χ2n) is 6.54. The van der Waals surface area contributed by atoms with E-state index in [2.05, 4.69) is 10.2 Å². The van der Waals surface area contributed by atoms with Crippen molar-refractivity contribution in [3.05, 3.63) is 16.0 Å². The molecule has 3 aliphatic rings. The van der Waals surface area contributed by atoms with Crippen LogP contribution in [0.2, 0.25) is 0 Å². The van der Waals surface area contributed by atoms with Gasteiger partial charge >= 0.3 is 5.97 Å². The molecule has 0 atom stereocenters. The van der Waals surface area contributed by atoms with Crippen molar-refractivity contribution in [1.82, 2.24) is 4.90 Å². The van der Waals surface area contributed by atoms with Crippen LogP contribution in [0.15, 0.2) is 0 Å². The van der Waals surface area contributed by atoms with Gasteiger partial charge in [0.25, 0.3) is 5.91 Å². The number of piperazine rings is 3. The summed E-state index contributed by atoms with van der Waals surface area (Å²) < 4.78 is 5.73. The van der Waals surface area contributed by atoms with Crippen LogP contribution in [-0.2, 0) is 9.53 Å². The maximum absolute atomic E-state index is 12.6. The number of ether oxygens (including phenoxy) is 1. The zero-order valence-corrected chi connectivity index (χ0v) is 14.8. The molecule has 1 aromatic heterocycles. The van der Waals surface area contributed by atoms with Crippen molar-refractivity contribution in [2.24, 2.45) is 0 Å². The molecule has 3 fully saturated rings. The first-order chi connectivity index (χ1) is 10.9. The molecule has 1 aromatic rings. The Morgan fingerprint density at radius 1 is 1.22 bits per heavy atom.